The number of hydrogen-bond acceptors (Lipinski definition) is 18. The van der Waals surface area contributed by atoms with E-state index in [1.54, 1.807) is 0 Å². The van der Waals surface area contributed by atoms with Crippen molar-refractivity contribution in [1.82, 2.24) is 0 Å². The molecular weight excluding hydrogens is 680 g/mol. The number of halogens is 1. The van der Waals surface area contributed by atoms with E-state index in [0.29, 0.717) is 0 Å². The average Bonchev–Trinajstić information content (AvgIpc) is 2.90. The molecule has 45 heavy (non-hydrogen) atoms. The Hall–Kier alpha value is -3.39. The molecule has 2 rings (SSSR count). The SMILES string of the molecule is CC(=O)OC[C@H]1O[C@H](OBr)[C@H](OC(C)=O)[C@@H](OC(C)=O)[C@H]1OC1O[C@H](COC(C)=O)[C@H](OC(C)=O)[C@H](OC(C)=O)[C@H]1OC(C)=O. The minimum atomic E-state index is -1.77. The third-order valence-electron chi connectivity index (χ3n) is 5.97. The van der Waals surface area contributed by atoms with Crippen LogP contribution in [-0.2, 0) is 84.8 Å². The summed E-state index contributed by atoms with van der Waals surface area (Å²) in [6.07, 6.45) is -15.3. The predicted octanol–water partition coefficient (Wildman–Crippen LogP) is -0.0674. The van der Waals surface area contributed by atoms with Gasteiger partial charge in [-0.05, 0) is 0 Å². The lowest BCUT2D eigenvalue weighted by atomic mass is 9.96. The summed E-state index contributed by atoms with van der Waals surface area (Å²) in [6, 6.07) is 0. The molecule has 0 amide bonds. The van der Waals surface area contributed by atoms with E-state index in [-0.39, 0.29) is 0 Å². The normalized spacial score (nSPS) is 31.0. The molecule has 1 unspecified atom stereocenters. The quantitative estimate of drug-likeness (QED) is 0.191. The molecule has 18 nitrogen and oxygen atoms in total. The molecule has 2 aliphatic heterocycles. The molecule has 254 valence electrons. The van der Waals surface area contributed by atoms with Crippen molar-refractivity contribution in [2.75, 3.05) is 13.2 Å². The first-order valence-corrected chi connectivity index (χ1v) is 14.0. The third kappa shape index (κ3) is 11.5. The van der Waals surface area contributed by atoms with E-state index in [9.17, 15) is 33.6 Å². The van der Waals surface area contributed by atoms with Crippen LogP contribution in [-0.4, -0.2) is 116 Å². The maximum atomic E-state index is 12.2. The molecule has 0 aromatic rings. The molecule has 0 aromatic carbocycles. The maximum absolute atomic E-state index is 12.2. The Bertz CT molecular complexity index is 1110. The standard InChI is InChI=1S/C26H35BrO18/c1-10(28)35-8-17-19(37-12(3)30)21(38-13(4)31)23(40-15(6)33)25(42-17)44-20-18(9-36-11(2)29)43-26(45-27)24(41-16(7)34)22(20)39-14(5)32/h17-26H,8-9H2,1-7H3/t17-,18-,19+,20+,21+,22+,23-,24-,25?,26-/m1/s1. The maximum Gasteiger partial charge on any atom is 0.303 e. The summed E-state index contributed by atoms with van der Waals surface area (Å²) in [5, 5.41) is 0. The number of hydrogen-bond donors (Lipinski definition) is 0. The monoisotopic (exact) mass is 714 g/mol. The van der Waals surface area contributed by atoms with Gasteiger partial charge in [0.05, 0.1) is 0 Å². The van der Waals surface area contributed by atoms with Crippen molar-refractivity contribution in [3.63, 3.8) is 0 Å². The van der Waals surface area contributed by atoms with Gasteiger partial charge in [0.2, 0.25) is 6.29 Å². The molecule has 10 atom stereocenters. The first-order chi connectivity index (χ1) is 21.0. The fourth-order valence-corrected chi connectivity index (χ4v) is 4.84. The van der Waals surface area contributed by atoms with E-state index in [4.69, 9.17) is 51.2 Å². The van der Waals surface area contributed by atoms with Crippen LogP contribution in [0.1, 0.15) is 48.5 Å². The first kappa shape index (κ1) is 37.8. The molecule has 0 N–H and O–H groups in total. The molecule has 2 saturated heterocycles. The lowest BCUT2D eigenvalue weighted by Gasteiger charge is -2.48. The molecule has 2 heterocycles. The highest BCUT2D eigenvalue weighted by atomic mass is 79.9. The Morgan fingerprint density at radius 2 is 0.800 bits per heavy atom. The topological polar surface area (TPSA) is 221 Å². The number of carbonyl (C=O) groups excluding carboxylic acids is 7. The van der Waals surface area contributed by atoms with Crippen LogP contribution in [0.25, 0.3) is 0 Å². The molecule has 2 aliphatic rings. The molecule has 0 spiro atoms. The van der Waals surface area contributed by atoms with Gasteiger partial charge >= 0.3 is 41.8 Å². The minimum Gasteiger partial charge on any atom is -0.463 e. The summed E-state index contributed by atoms with van der Waals surface area (Å²) < 4.78 is 60.2. The fourth-order valence-electron chi connectivity index (χ4n) is 4.54. The lowest BCUT2D eigenvalue weighted by Crippen LogP contribution is -2.67. The van der Waals surface area contributed by atoms with E-state index in [2.05, 4.69) is 16.3 Å². The van der Waals surface area contributed by atoms with Gasteiger partial charge in [-0.2, -0.15) is 0 Å². The van der Waals surface area contributed by atoms with Gasteiger partial charge in [-0.25, -0.2) is 0 Å². The van der Waals surface area contributed by atoms with Gasteiger partial charge in [-0.15, -0.1) is 0 Å². The lowest BCUT2D eigenvalue weighted by molar-refractivity contribution is -0.353. The van der Waals surface area contributed by atoms with Crippen molar-refractivity contribution in [3.8, 4) is 0 Å². The molecule has 0 aliphatic carbocycles. The van der Waals surface area contributed by atoms with Crippen LogP contribution in [0.5, 0.6) is 0 Å². The van der Waals surface area contributed by atoms with Gasteiger partial charge in [0, 0.05) is 48.5 Å². The van der Waals surface area contributed by atoms with Gasteiger partial charge in [0.25, 0.3) is 0 Å². The number of ether oxygens (including phenoxy) is 10. The largest absolute Gasteiger partial charge is 0.463 e. The molecule has 2 fully saturated rings. The van der Waals surface area contributed by atoms with Crippen molar-refractivity contribution >= 4 is 58.0 Å². The Morgan fingerprint density at radius 3 is 1.20 bits per heavy atom. The highest BCUT2D eigenvalue weighted by Crippen LogP contribution is 2.35. The van der Waals surface area contributed by atoms with Crippen LogP contribution in [0.2, 0.25) is 0 Å². The third-order valence-corrected chi connectivity index (χ3v) is 6.34. The van der Waals surface area contributed by atoms with Gasteiger partial charge in [-0.1, -0.05) is 0 Å². The zero-order chi connectivity index (χ0) is 34.0. The van der Waals surface area contributed by atoms with E-state index < -0.39 is 116 Å². The van der Waals surface area contributed by atoms with E-state index in [1.807, 2.05) is 0 Å². The minimum absolute atomic E-state index is 0.525. The summed E-state index contributed by atoms with van der Waals surface area (Å²) in [4.78, 5) is 84.0. The van der Waals surface area contributed by atoms with Crippen molar-refractivity contribution in [2.45, 2.75) is 110 Å². The predicted molar refractivity (Wildman–Crippen MR) is 143 cm³/mol. The number of rotatable bonds is 12. The number of carbonyl (C=O) groups is 7. The summed E-state index contributed by atoms with van der Waals surface area (Å²) in [6.45, 7) is 6.36. The molecule has 0 aromatic heterocycles. The zero-order valence-electron chi connectivity index (χ0n) is 25.4. The summed E-state index contributed by atoms with van der Waals surface area (Å²) in [7, 11) is 0. The van der Waals surface area contributed by atoms with E-state index in [1.165, 1.54) is 0 Å². The van der Waals surface area contributed by atoms with Crippen LogP contribution in [0.3, 0.4) is 0 Å². The molecular formula is C26H35BrO18. The second kappa shape index (κ2) is 17.3. The Kier molecular flexibility index (Phi) is 14.6. The van der Waals surface area contributed by atoms with Crippen LogP contribution >= 0.6 is 16.3 Å². The molecule has 0 saturated carbocycles. The van der Waals surface area contributed by atoms with Gasteiger partial charge < -0.3 is 47.4 Å². The molecule has 0 radical (unpaired) electrons. The molecule has 19 heteroatoms. The van der Waals surface area contributed by atoms with Gasteiger partial charge in [0.15, 0.2) is 36.8 Å². The first-order valence-electron chi connectivity index (χ1n) is 13.4. The average molecular weight is 715 g/mol. The van der Waals surface area contributed by atoms with Crippen LogP contribution in [0.4, 0.5) is 0 Å². The van der Waals surface area contributed by atoms with Crippen LogP contribution < -0.4 is 0 Å². The Balaban J connectivity index is 2.69. The zero-order valence-corrected chi connectivity index (χ0v) is 27.0. The molecule has 0 bridgehead atoms. The van der Waals surface area contributed by atoms with E-state index >= 15 is 0 Å². The number of esters is 7. The van der Waals surface area contributed by atoms with Crippen molar-refractivity contribution in [3.05, 3.63) is 0 Å². The summed E-state index contributed by atoms with van der Waals surface area (Å²) >= 11 is 2.77. The Morgan fingerprint density at radius 1 is 0.467 bits per heavy atom. The van der Waals surface area contributed by atoms with Gasteiger partial charge in [-0.3, -0.25) is 37.4 Å². The highest BCUT2D eigenvalue weighted by molar-refractivity contribution is 9.06. The Labute approximate surface area is 265 Å². The van der Waals surface area contributed by atoms with Crippen LogP contribution in [0, 0.1) is 0 Å². The fraction of sp³-hybridized carbons (Fsp3) is 0.731. The van der Waals surface area contributed by atoms with Gasteiger partial charge in [0.1, 0.15) is 47.8 Å². The summed E-state index contributed by atoms with van der Waals surface area (Å²) in [5.41, 5.74) is 0. The highest BCUT2D eigenvalue weighted by Gasteiger charge is 2.57. The van der Waals surface area contributed by atoms with Crippen molar-refractivity contribution in [2.24, 2.45) is 0 Å². The van der Waals surface area contributed by atoms with Crippen molar-refractivity contribution in [1.29, 1.82) is 0 Å². The second-order valence-electron chi connectivity index (χ2n) is 9.75. The van der Waals surface area contributed by atoms with Crippen LogP contribution in [0.15, 0.2) is 0 Å². The summed E-state index contributed by atoms with van der Waals surface area (Å²) in [5.74, 6) is -5.82. The second-order valence-corrected chi connectivity index (χ2v) is 10.1. The van der Waals surface area contributed by atoms with Crippen molar-refractivity contribution < 1.29 is 84.8 Å². The smallest absolute Gasteiger partial charge is 0.303 e. The van der Waals surface area contributed by atoms with E-state index in [0.717, 1.165) is 48.5 Å².